The molecule has 0 N–H and O–H groups in total. The van der Waals surface area contributed by atoms with Gasteiger partial charge in [0.25, 0.3) is 5.91 Å². The van der Waals surface area contributed by atoms with Crippen molar-refractivity contribution in [1.82, 2.24) is 0 Å². The van der Waals surface area contributed by atoms with Crippen LogP contribution in [0.15, 0.2) is 65.3 Å². The molecule has 0 saturated carbocycles. The average molecular weight is 362 g/mol. The summed E-state index contributed by atoms with van der Waals surface area (Å²) in [5.74, 6) is 0.762. The molecule has 1 amide bonds. The van der Waals surface area contributed by atoms with Crippen LogP contribution >= 0.6 is 0 Å². The lowest BCUT2D eigenvalue weighted by Crippen LogP contribution is -2.21. The van der Waals surface area contributed by atoms with Gasteiger partial charge in [-0.3, -0.25) is 4.79 Å². The van der Waals surface area contributed by atoms with Gasteiger partial charge in [-0.05, 0) is 49.2 Å². The summed E-state index contributed by atoms with van der Waals surface area (Å²) in [5.41, 5.74) is 3.07. The molecule has 0 fully saturated rings. The third-order valence-electron chi connectivity index (χ3n) is 4.52. The number of hydrogen-bond donors (Lipinski definition) is 0. The van der Waals surface area contributed by atoms with E-state index in [-0.39, 0.29) is 5.91 Å². The first kappa shape index (κ1) is 18.9. The van der Waals surface area contributed by atoms with Gasteiger partial charge in [0.15, 0.2) is 0 Å². The minimum atomic E-state index is -0.102. The van der Waals surface area contributed by atoms with Gasteiger partial charge in [0.1, 0.15) is 5.75 Å². The predicted octanol–water partition coefficient (Wildman–Crippen LogP) is 5.45. The van der Waals surface area contributed by atoms with E-state index in [2.05, 4.69) is 12.0 Å². The molecule has 0 aliphatic carbocycles. The van der Waals surface area contributed by atoms with E-state index >= 15 is 0 Å². The molecule has 0 bridgehead atoms. The molecule has 1 aliphatic rings. The average Bonchev–Trinajstić information content (AvgIpc) is 2.98. The number of amides is 1. The lowest BCUT2D eigenvalue weighted by atomic mass is 10.1. The van der Waals surface area contributed by atoms with Gasteiger partial charge in [0.05, 0.1) is 23.6 Å². The Hall–Kier alpha value is -2.88. The van der Waals surface area contributed by atoms with Gasteiger partial charge in [-0.25, -0.2) is 0 Å². The Bertz CT molecular complexity index is 823. The van der Waals surface area contributed by atoms with E-state index in [1.807, 2.05) is 67.6 Å². The minimum Gasteiger partial charge on any atom is -0.494 e. The van der Waals surface area contributed by atoms with Gasteiger partial charge >= 0.3 is 0 Å². The Labute approximate surface area is 161 Å². The second kappa shape index (κ2) is 9.17. The maximum Gasteiger partial charge on any atom is 0.280 e. The van der Waals surface area contributed by atoms with Crippen LogP contribution < -0.4 is 9.75 Å². The van der Waals surface area contributed by atoms with Gasteiger partial charge in [-0.15, -0.1) is 0 Å². The maximum absolute atomic E-state index is 12.7. The van der Waals surface area contributed by atoms with E-state index in [1.165, 1.54) is 24.3 Å². The monoisotopic (exact) mass is 362 g/mol. The zero-order valence-electron chi connectivity index (χ0n) is 16.0. The molecule has 0 atom stereocenters. The van der Waals surface area contributed by atoms with Gasteiger partial charge in [-0.1, -0.05) is 56.5 Å². The molecule has 140 valence electrons. The summed E-state index contributed by atoms with van der Waals surface area (Å²) in [6.07, 6.45) is 6.66. The molecule has 0 unspecified atom stereocenters. The second-order valence-corrected chi connectivity index (χ2v) is 6.67. The molecular weight excluding hydrogens is 336 g/mol. The molecule has 1 heterocycles. The first-order chi connectivity index (χ1) is 13.2. The zero-order valence-corrected chi connectivity index (χ0v) is 16.0. The number of carbonyl (C=O) groups is 1. The SMILES string of the molecule is CCCCCCOc1ccc(C=C2C(=O)N(c3ccccc3)N=C2C)cc1. The van der Waals surface area contributed by atoms with Gasteiger partial charge < -0.3 is 4.74 Å². The van der Waals surface area contributed by atoms with Crippen LogP contribution in [0.4, 0.5) is 5.69 Å². The van der Waals surface area contributed by atoms with Crippen molar-refractivity contribution in [2.75, 3.05) is 11.6 Å². The van der Waals surface area contributed by atoms with Crippen molar-refractivity contribution in [3.63, 3.8) is 0 Å². The molecule has 4 heteroatoms. The van der Waals surface area contributed by atoms with Crippen LogP contribution in [0.1, 0.15) is 45.1 Å². The lowest BCUT2D eigenvalue weighted by Gasteiger charge is -2.11. The largest absolute Gasteiger partial charge is 0.494 e. The zero-order chi connectivity index (χ0) is 19.1. The van der Waals surface area contributed by atoms with Crippen LogP contribution in [-0.4, -0.2) is 18.2 Å². The van der Waals surface area contributed by atoms with Gasteiger partial charge in [0.2, 0.25) is 0 Å². The fraction of sp³-hybridized carbons (Fsp3) is 0.304. The van der Waals surface area contributed by atoms with Crippen molar-refractivity contribution < 1.29 is 9.53 Å². The van der Waals surface area contributed by atoms with Gasteiger partial charge in [0, 0.05) is 0 Å². The van der Waals surface area contributed by atoms with Crippen molar-refractivity contribution in [2.24, 2.45) is 5.10 Å². The summed E-state index contributed by atoms with van der Waals surface area (Å²) in [6.45, 7) is 4.81. The third kappa shape index (κ3) is 4.85. The minimum absolute atomic E-state index is 0.102. The van der Waals surface area contributed by atoms with E-state index in [0.29, 0.717) is 5.57 Å². The summed E-state index contributed by atoms with van der Waals surface area (Å²) in [7, 11) is 0. The van der Waals surface area contributed by atoms with Crippen LogP contribution in [0.2, 0.25) is 0 Å². The van der Waals surface area contributed by atoms with Crippen molar-refractivity contribution in [3.8, 4) is 5.75 Å². The van der Waals surface area contributed by atoms with Crippen LogP contribution in [0.25, 0.3) is 6.08 Å². The molecule has 0 saturated heterocycles. The van der Waals surface area contributed by atoms with Crippen molar-refractivity contribution in [1.29, 1.82) is 0 Å². The highest BCUT2D eigenvalue weighted by atomic mass is 16.5. The number of ether oxygens (including phenoxy) is 1. The number of unbranched alkanes of at least 4 members (excludes halogenated alkanes) is 3. The van der Waals surface area contributed by atoms with E-state index in [0.717, 1.165) is 35.7 Å². The second-order valence-electron chi connectivity index (χ2n) is 6.67. The highest BCUT2D eigenvalue weighted by Crippen LogP contribution is 2.25. The Balaban J connectivity index is 1.64. The normalized spacial score (nSPS) is 15.3. The highest BCUT2D eigenvalue weighted by Gasteiger charge is 2.28. The number of benzene rings is 2. The highest BCUT2D eigenvalue weighted by molar-refractivity contribution is 6.32. The molecule has 0 radical (unpaired) electrons. The smallest absolute Gasteiger partial charge is 0.280 e. The van der Waals surface area contributed by atoms with E-state index < -0.39 is 0 Å². The molecule has 0 aromatic heterocycles. The predicted molar refractivity (Wildman–Crippen MR) is 111 cm³/mol. The summed E-state index contributed by atoms with van der Waals surface area (Å²) in [6, 6.07) is 17.3. The Morgan fingerprint density at radius 1 is 1.00 bits per heavy atom. The molecule has 2 aromatic rings. The number of carbonyl (C=O) groups excluding carboxylic acids is 1. The molecule has 2 aromatic carbocycles. The quantitative estimate of drug-likeness (QED) is 0.463. The number of anilines is 1. The topological polar surface area (TPSA) is 41.9 Å². The number of para-hydroxylation sites is 1. The molecule has 0 spiro atoms. The van der Waals surface area contributed by atoms with Crippen LogP contribution in [0.3, 0.4) is 0 Å². The third-order valence-corrected chi connectivity index (χ3v) is 4.52. The summed E-state index contributed by atoms with van der Waals surface area (Å²) in [4.78, 5) is 12.7. The van der Waals surface area contributed by atoms with Crippen molar-refractivity contribution >= 4 is 23.4 Å². The molecule has 1 aliphatic heterocycles. The maximum atomic E-state index is 12.7. The summed E-state index contributed by atoms with van der Waals surface area (Å²) >= 11 is 0. The molecular formula is C23H26N2O2. The van der Waals surface area contributed by atoms with E-state index in [9.17, 15) is 4.79 Å². The number of hydrazone groups is 1. The van der Waals surface area contributed by atoms with Crippen molar-refractivity contribution in [2.45, 2.75) is 39.5 Å². The number of rotatable bonds is 8. The fourth-order valence-electron chi connectivity index (χ4n) is 2.97. The molecule has 27 heavy (non-hydrogen) atoms. The van der Waals surface area contributed by atoms with E-state index in [4.69, 9.17) is 4.74 Å². The van der Waals surface area contributed by atoms with Crippen LogP contribution in [0.5, 0.6) is 5.75 Å². The Morgan fingerprint density at radius 3 is 2.44 bits per heavy atom. The fourth-order valence-corrected chi connectivity index (χ4v) is 2.97. The number of hydrogen-bond acceptors (Lipinski definition) is 3. The summed E-state index contributed by atoms with van der Waals surface area (Å²) < 4.78 is 5.78. The summed E-state index contributed by atoms with van der Waals surface area (Å²) in [5, 5.41) is 5.86. The first-order valence-corrected chi connectivity index (χ1v) is 9.58. The van der Waals surface area contributed by atoms with Crippen LogP contribution in [0, 0.1) is 0 Å². The van der Waals surface area contributed by atoms with Crippen LogP contribution in [-0.2, 0) is 4.79 Å². The molecule has 3 rings (SSSR count). The van der Waals surface area contributed by atoms with Crippen molar-refractivity contribution in [3.05, 3.63) is 65.7 Å². The first-order valence-electron chi connectivity index (χ1n) is 9.58. The Morgan fingerprint density at radius 2 is 1.74 bits per heavy atom. The number of nitrogens with zero attached hydrogens (tertiary/aromatic N) is 2. The standard InChI is InChI=1S/C23H26N2O2/c1-3-4-5-9-16-27-21-14-12-19(13-15-21)17-22-18(2)24-25(23(22)26)20-10-7-6-8-11-20/h6-8,10-15,17H,3-5,9,16H2,1-2H3. The Kier molecular flexibility index (Phi) is 6.42. The van der Waals surface area contributed by atoms with E-state index in [1.54, 1.807) is 0 Å². The van der Waals surface area contributed by atoms with Gasteiger partial charge in [-0.2, -0.15) is 10.1 Å². The molecule has 4 nitrogen and oxygen atoms in total. The lowest BCUT2D eigenvalue weighted by molar-refractivity contribution is -0.114.